The number of H-pyrrole nitrogens is 1. The van der Waals surface area contributed by atoms with Crippen molar-refractivity contribution in [2.75, 3.05) is 26.1 Å². The van der Waals surface area contributed by atoms with Gasteiger partial charge in [-0.15, -0.1) is 11.3 Å². The van der Waals surface area contributed by atoms with E-state index in [4.69, 9.17) is 20.5 Å². The van der Waals surface area contributed by atoms with Crippen molar-refractivity contribution in [1.29, 1.82) is 5.26 Å². The number of hydrogen-bond acceptors (Lipinski definition) is 8. The Balaban J connectivity index is 1.37. The fraction of sp³-hybridized carbons (Fsp3) is 0.263. The number of amides is 1. The lowest BCUT2D eigenvalue weighted by atomic mass is 10.1. The predicted octanol–water partition coefficient (Wildman–Crippen LogP) is 2.42. The molecule has 3 aromatic rings. The first-order chi connectivity index (χ1) is 14.1. The van der Waals surface area contributed by atoms with Crippen LogP contribution in [0.4, 0.5) is 5.82 Å². The molecule has 0 saturated carbocycles. The van der Waals surface area contributed by atoms with Crippen molar-refractivity contribution in [3.63, 3.8) is 0 Å². The van der Waals surface area contributed by atoms with Crippen molar-refractivity contribution in [1.82, 2.24) is 20.1 Å². The van der Waals surface area contributed by atoms with Crippen LogP contribution in [0.1, 0.15) is 28.2 Å². The number of thiazole rings is 1. The summed E-state index contributed by atoms with van der Waals surface area (Å²) in [5.74, 6) is 1.43. The van der Waals surface area contributed by atoms with Crippen LogP contribution in [0.5, 0.6) is 11.5 Å². The molecule has 0 aliphatic carbocycles. The number of aromatic nitrogens is 3. The molecular weight excluding hydrogens is 392 g/mol. The zero-order chi connectivity index (χ0) is 20.4. The van der Waals surface area contributed by atoms with Gasteiger partial charge >= 0.3 is 0 Å². The molecule has 148 valence electrons. The molecule has 2 aromatic heterocycles. The summed E-state index contributed by atoms with van der Waals surface area (Å²) in [6, 6.07) is 7.64. The van der Waals surface area contributed by atoms with Gasteiger partial charge in [-0.2, -0.15) is 10.4 Å². The molecule has 0 radical (unpaired) electrons. The van der Waals surface area contributed by atoms with Crippen LogP contribution in [0.15, 0.2) is 23.6 Å². The van der Waals surface area contributed by atoms with Crippen LogP contribution in [0.2, 0.25) is 0 Å². The van der Waals surface area contributed by atoms with Gasteiger partial charge in [-0.25, -0.2) is 4.98 Å². The number of anilines is 1. The third-order valence-electron chi connectivity index (χ3n) is 4.59. The lowest BCUT2D eigenvalue weighted by Crippen LogP contribution is -2.28. The Morgan fingerprint density at radius 3 is 3.07 bits per heavy atom. The summed E-state index contributed by atoms with van der Waals surface area (Å²) in [4.78, 5) is 18.8. The average Bonchev–Trinajstić information content (AvgIpc) is 3.46. The summed E-state index contributed by atoms with van der Waals surface area (Å²) in [6.45, 7) is 0.728. The minimum Gasteiger partial charge on any atom is -0.454 e. The van der Waals surface area contributed by atoms with E-state index >= 15 is 0 Å². The number of ether oxygens (including phenoxy) is 2. The van der Waals surface area contributed by atoms with Crippen LogP contribution in [0, 0.1) is 11.3 Å². The van der Waals surface area contributed by atoms with E-state index in [0.717, 1.165) is 10.6 Å². The molecule has 0 bridgehead atoms. The smallest absolute Gasteiger partial charge is 0.273 e. The van der Waals surface area contributed by atoms with E-state index in [2.05, 4.69) is 15.2 Å². The first-order valence-corrected chi connectivity index (χ1v) is 9.78. The highest BCUT2D eigenvalue weighted by Crippen LogP contribution is 2.36. The largest absolute Gasteiger partial charge is 0.454 e. The van der Waals surface area contributed by atoms with E-state index in [1.807, 2.05) is 24.3 Å². The highest BCUT2D eigenvalue weighted by atomic mass is 32.1. The number of carbonyl (C=O) groups excluding carboxylic acids is 1. The van der Waals surface area contributed by atoms with Crippen LogP contribution in [-0.4, -0.2) is 46.4 Å². The van der Waals surface area contributed by atoms with Crippen molar-refractivity contribution in [2.45, 2.75) is 12.8 Å². The Hall–Kier alpha value is -3.58. The van der Waals surface area contributed by atoms with Crippen LogP contribution >= 0.6 is 11.3 Å². The number of nitrogens with two attached hydrogens (primary N) is 1. The lowest BCUT2D eigenvalue weighted by Gasteiger charge is -2.15. The van der Waals surface area contributed by atoms with Gasteiger partial charge in [0.15, 0.2) is 17.3 Å². The van der Waals surface area contributed by atoms with E-state index in [9.17, 15) is 4.79 Å². The van der Waals surface area contributed by atoms with E-state index in [1.165, 1.54) is 11.3 Å². The normalized spacial score (nSPS) is 12.0. The molecule has 29 heavy (non-hydrogen) atoms. The number of fused-ring (bicyclic) bond motifs is 1. The van der Waals surface area contributed by atoms with Gasteiger partial charge in [-0.1, -0.05) is 0 Å². The number of rotatable bonds is 6. The second kappa shape index (κ2) is 7.81. The lowest BCUT2D eigenvalue weighted by molar-refractivity contribution is 0.0788. The molecular formula is C19H18N6O3S. The summed E-state index contributed by atoms with van der Waals surface area (Å²) in [5.41, 5.74) is 7.96. The summed E-state index contributed by atoms with van der Waals surface area (Å²) < 4.78 is 10.7. The molecule has 4 rings (SSSR count). The van der Waals surface area contributed by atoms with Gasteiger partial charge in [0.25, 0.3) is 5.91 Å². The molecule has 10 heteroatoms. The van der Waals surface area contributed by atoms with Gasteiger partial charge in [0.1, 0.15) is 22.3 Å². The van der Waals surface area contributed by atoms with Gasteiger partial charge in [-0.05, 0) is 31.0 Å². The van der Waals surface area contributed by atoms with Crippen LogP contribution in [-0.2, 0) is 6.42 Å². The molecule has 0 atom stereocenters. The zero-order valence-electron chi connectivity index (χ0n) is 15.6. The van der Waals surface area contributed by atoms with E-state index in [1.54, 1.807) is 17.3 Å². The van der Waals surface area contributed by atoms with Crippen LogP contribution in [0.3, 0.4) is 0 Å². The van der Waals surface area contributed by atoms with Gasteiger partial charge in [-0.3, -0.25) is 9.89 Å². The number of nitrogen functional groups attached to an aromatic ring is 1. The number of nitrogens with one attached hydrogen (secondary N) is 1. The molecule has 1 aromatic carbocycles. The predicted molar refractivity (Wildman–Crippen MR) is 107 cm³/mol. The minimum atomic E-state index is -0.155. The van der Waals surface area contributed by atoms with Crippen LogP contribution < -0.4 is 15.2 Å². The Morgan fingerprint density at radius 2 is 2.24 bits per heavy atom. The fourth-order valence-electron chi connectivity index (χ4n) is 3.02. The quantitative estimate of drug-likeness (QED) is 0.638. The van der Waals surface area contributed by atoms with Crippen molar-refractivity contribution in [3.8, 4) is 28.1 Å². The van der Waals surface area contributed by atoms with Gasteiger partial charge in [0.2, 0.25) is 6.79 Å². The first kappa shape index (κ1) is 18.8. The standard InChI is InChI=1S/C19H18N6O3S/c1-25(6-2-3-13-12(8-20)17(21)24-23-13)19(26)14-9-29-18(22-14)11-4-5-15-16(7-11)28-10-27-15/h4-5,7,9H,2-3,6,10H2,1H3,(H3,21,23,24). The Bertz CT molecular complexity index is 1100. The summed E-state index contributed by atoms with van der Waals surface area (Å²) >= 11 is 1.40. The highest BCUT2D eigenvalue weighted by Gasteiger charge is 2.19. The number of hydrogen-bond donors (Lipinski definition) is 2. The van der Waals surface area contributed by atoms with Crippen LogP contribution in [0.25, 0.3) is 10.6 Å². The second-order valence-corrected chi connectivity index (χ2v) is 7.37. The van der Waals surface area contributed by atoms with Gasteiger partial charge in [0.05, 0.1) is 5.69 Å². The van der Waals surface area contributed by atoms with E-state index < -0.39 is 0 Å². The van der Waals surface area contributed by atoms with Crippen molar-refractivity contribution >= 4 is 23.1 Å². The minimum absolute atomic E-state index is 0.155. The molecule has 1 amide bonds. The second-order valence-electron chi connectivity index (χ2n) is 6.51. The molecule has 0 saturated heterocycles. The van der Waals surface area contributed by atoms with Crippen molar-refractivity contribution in [3.05, 3.63) is 40.5 Å². The third-order valence-corrected chi connectivity index (χ3v) is 5.48. The number of benzene rings is 1. The highest BCUT2D eigenvalue weighted by molar-refractivity contribution is 7.13. The van der Waals surface area contributed by atoms with E-state index in [0.29, 0.717) is 47.8 Å². The molecule has 1 aliphatic heterocycles. The number of nitrogens with zero attached hydrogens (tertiary/aromatic N) is 4. The summed E-state index contributed by atoms with van der Waals surface area (Å²) in [7, 11) is 1.73. The third kappa shape index (κ3) is 3.72. The maximum absolute atomic E-state index is 12.7. The molecule has 1 aliphatic rings. The maximum atomic E-state index is 12.7. The fourth-order valence-corrected chi connectivity index (χ4v) is 3.81. The first-order valence-electron chi connectivity index (χ1n) is 8.90. The monoisotopic (exact) mass is 410 g/mol. The maximum Gasteiger partial charge on any atom is 0.273 e. The number of carbonyl (C=O) groups is 1. The van der Waals surface area contributed by atoms with E-state index in [-0.39, 0.29) is 18.5 Å². The average molecular weight is 410 g/mol. The Labute approximate surface area is 170 Å². The Morgan fingerprint density at radius 1 is 1.41 bits per heavy atom. The molecule has 3 N–H and O–H groups in total. The molecule has 0 unspecified atom stereocenters. The van der Waals surface area contributed by atoms with Crippen molar-refractivity contribution < 1.29 is 14.3 Å². The zero-order valence-corrected chi connectivity index (χ0v) is 16.5. The molecule has 9 nitrogen and oxygen atoms in total. The number of aryl methyl sites for hydroxylation is 1. The molecule has 0 fully saturated rings. The summed E-state index contributed by atoms with van der Waals surface area (Å²) in [5, 5.41) is 18.2. The topological polar surface area (TPSA) is 130 Å². The van der Waals surface area contributed by atoms with Gasteiger partial charge < -0.3 is 20.1 Å². The number of nitriles is 1. The number of aromatic amines is 1. The Kier molecular flexibility index (Phi) is 5.05. The SMILES string of the molecule is CN(CCCc1[nH]nc(N)c1C#N)C(=O)c1csc(-c2ccc3c(c2)OCO3)n1. The van der Waals surface area contributed by atoms with Gasteiger partial charge in [0, 0.05) is 24.5 Å². The summed E-state index contributed by atoms with van der Waals surface area (Å²) in [6.07, 6.45) is 1.24. The van der Waals surface area contributed by atoms with Crippen molar-refractivity contribution in [2.24, 2.45) is 0 Å². The molecule has 0 spiro atoms. The molecule has 3 heterocycles.